The van der Waals surface area contributed by atoms with E-state index in [-0.39, 0.29) is 23.9 Å². The predicted molar refractivity (Wildman–Crippen MR) is 115 cm³/mol. The summed E-state index contributed by atoms with van der Waals surface area (Å²) in [4.78, 5) is 12.9. The van der Waals surface area contributed by atoms with Crippen LogP contribution in [-0.2, 0) is 14.8 Å². The molecule has 162 valence electrons. The number of hydrogen-bond donors (Lipinski definition) is 2. The first kappa shape index (κ1) is 21.4. The van der Waals surface area contributed by atoms with Gasteiger partial charge in [-0.25, -0.2) is 12.8 Å². The van der Waals surface area contributed by atoms with E-state index in [1.165, 1.54) is 0 Å². The van der Waals surface area contributed by atoms with Crippen molar-refractivity contribution in [1.29, 1.82) is 0 Å². The molecule has 1 saturated heterocycles. The van der Waals surface area contributed by atoms with Crippen LogP contribution in [0.5, 0.6) is 0 Å². The molecule has 1 heterocycles. The lowest BCUT2D eigenvalue weighted by atomic mass is 10.0. The number of β-amino-alcohol motifs (C(OH)–C–C–N with tert-alkyl or cyclic N) is 1. The minimum atomic E-state index is -4.07. The molecule has 1 aliphatic heterocycles. The van der Waals surface area contributed by atoms with Gasteiger partial charge >= 0.3 is 0 Å². The smallest absolute Gasteiger partial charge is 0.243 e. The molecule has 0 aromatic heterocycles. The maximum absolute atomic E-state index is 13.2. The van der Waals surface area contributed by atoms with Crippen molar-refractivity contribution >= 4 is 26.7 Å². The Morgan fingerprint density at radius 3 is 2.48 bits per heavy atom. The van der Waals surface area contributed by atoms with E-state index in [2.05, 4.69) is 5.32 Å². The summed E-state index contributed by atoms with van der Waals surface area (Å²) in [7, 11) is -4.07. The van der Waals surface area contributed by atoms with Gasteiger partial charge in [0.15, 0.2) is 0 Å². The highest BCUT2D eigenvalue weighted by molar-refractivity contribution is 7.89. The van der Waals surface area contributed by atoms with Crippen molar-refractivity contribution in [2.45, 2.75) is 36.4 Å². The summed E-state index contributed by atoms with van der Waals surface area (Å²) in [5.74, 6) is -1.04. The molecule has 3 aromatic carbocycles. The van der Waals surface area contributed by atoms with Crippen molar-refractivity contribution in [2.24, 2.45) is 0 Å². The van der Waals surface area contributed by atoms with Crippen LogP contribution in [0.25, 0.3) is 10.8 Å². The molecule has 1 aliphatic rings. The zero-order chi connectivity index (χ0) is 22.2. The average molecular weight is 443 g/mol. The Kier molecular flexibility index (Phi) is 5.79. The third-order valence-corrected chi connectivity index (χ3v) is 7.48. The molecule has 1 amide bonds. The Morgan fingerprint density at radius 2 is 1.77 bits per heavy atom. The van der Waals surface area contributed by atoms with Crippen molar-refractivity contribution in [1.82, 2.24) is 9.62 Å². The number of amides is 1. The Hall–Kier alpha value is -2.81. The van der Waals surface area contributed by atoms with E-state index in [4.69, 9.17) is 0 Å². The van der Waals surface area contributed by atoms with Gasteiger partial charge in [0.2, 0.25) is 15.9 Å². The second kappa shape index (κ2) is 8.37. The summed E-state index contributed by atoms with van der Waals surface area (Å²) in [6.07, 6.45) is -0.960. The topological polar surface area (TPSA) is 86.7 Å². The molecule has 3 aromatic rings. The number of carbonyl (C=O) groups excluding carboxylic acids is 1. The number of benzene rings is 3. The molecular formula is C23H23FN2O4S. The van der Waals surface area contributed by atoms with Gasteiger partial charge in [0.1, 0.15) is 11.9 Å². The van der Waals surface area contributed by atoms with Crippen LogP contribution in [0.3, 0.4) is 0 Å². The lowest BCUT2D eigenvalue weighted by molar-refractivity contribution is -0.124. The first-order valence-electron chi connectivity index (χ1n) is 10.0. The van der Waals surface area contributed by atoms with Gasteiger partial charge in [0.05, 0.1) is 17.0 Å². The highest BCUT2D eigenvalue weighted by atomic mass is 32.2. The summed E-state index contributed by atoms with van der Waals surface area (Å²) < 4.78 is 40.2. The van der Waals surface area contributed by atoms with Crippen LogP contribution in [0.15, 0.2) is 71.6 Å². The predicted octanol–water partition coefficient (Wildman–Crippen LogP) is 2.98. The zero-order valence-corrected chi connectivity index (χ0v) is 17.7. The largest absolute Gasteiger partial charge is 0.392 e. The molecule has 0 saturated carbocycles. The fraction of sp³-hybridized carbons (Fsp3) is 0.261. The standard InChI is InChI=1S/C23H23FN2O4S/c1-15(17-7-6-16-4-2-3-5-18(16)12-17)25-23(28)22-13-20(27)14-26(22)31(29,30)21-10-8-19(24)9-11-21/h2-12,15,20,22,27H,13-14H2,1H3,(H,25,28)/t15-,20-,22+/m1/s1. The monoisotopic (exact) mass is 442 g/mol. The second-order valence-corrected chi connectivity index (χ2v) is 9.66. The van der Waals surface area contributed by atoms with Crippen molar-refractivity contribution < 1.29 is 22.7 Å². The van der Waals surface area contributed by atoms with Gasteiger partial charge in [-0.3, -0.25) is 4.79 Å². The van der Waals surface area contributed by atoms with Crippen molar-refractivity contribution in [3.05, 3.63) is 78.1 Å². The van der Waals surface area contributed by atoms with Gasteiger partial charge in [0.25, 0.3) is 0 Å². The molecule has 0 aliphatic carbocycles. The van der Waals surface area contributed by atoms with Gasteiger partial charge in [-0.15, -0.1) is 0 Å². The van der Waals surface area contributed by atoms with E-state index in [9.17, 15) is 22.7 Å². The molecule has 2 N–H and O–H groups in total. The Labute approximate surface area is 180 Å². The minimum absolute atomic E-state index is 0.00328. The van der Waals surface area contributed by atoms with E-state index in [1.807, 2.05) is 49.4 Å². The van der Waals surface area contributed by atoms with Gasteiger partial charge in [-0.1, -0.05) is 36.4 Å². The van der Waals surface area contributed by atoms with E-state index in [0.717, 1.165) is 44.9 Å². The molecule has 0 bridgehead atoms. The van der Waals surface area contributed by atoms with E-state index >= 15 is 0 Å². The number of sulfonamides is 1. The fourth-order valence-corrected chi connectivity index (χ4v) is 5.54. The SMILES string of the molecule is C[C@@H](NC(=O)[C@@H]1C[C@@H](O)CN1S(=O)(=O)c1ccc(F)cc1)c1ccc2ccccc2c1. The lowest BCUT2D eigenvalue weighted by Crippen LogP contribution is -2.46. The second-order valence-electron chi connectivity index (χ2n) is 7.77. The molecule has 4 rings (SSSR count). The molecule has 0 unspecified atom stereocenters. The van der Waals surface area contributed by atoms with Gasteiger partial charge in [0, 0.05) is 13.0 Å². The molecule has 0 spiro atoms. The Bertz CT molecular complexity index is 1210. The number of aliphatic hydroxyl groups excluding tert-OH is 1. The summed E-state index contributed by atoms with van der Waals surface area (Å²) in [6.45, 7) is 1.63. The lowest BCUT2D eigenvalue weighted by Gasteiger charge is -2.25. The zero-order valence-electron chi connectivity index (χ0n) is 16.9. The van der Waals surface area contributed by atoms with Crippen molar-refractivity contribution in [3.8, 4) is 0 Å². The van der Waals surface area contributed by atoms with Gasteiger partial charge in [-0.2, -0.15) is 4.31 Å². The highest BCUT2D eigenvalue weighted by Crippen LogP contribution is 2.28. The van der Waals surface area contributed by atoms with E-state index in [1.54, 1.807) is 0 Å². The number of halogens is 1. The first-order chi connectivity index (χ1) is 14.8. The van der Waals surface area contributed by atoms with E-state index < -0.39 is 33.9 Å². The normalized spacial score (nSPS) is 20.6. The Balaban J connectivity index is 1.55. The van der Waals surface area contributed by atoms with Crippen LogP contribution >= 0.6 is 0 Å². The highest BCUT2D eigenvalue weighted by Gasteiger charge is 2.43. The number of hydrogen-bond acceptors (Lipinski definition) is 4. The first-order valence-corrected chi connectivity index (χ1v) is 11.4. The Morgan fingerprint density at radius 1 is 1.10 bits per heavy atom. The maximum Gasteiger partial charge on any atom is 0.243 e. The summed E-state index contributed by atoms with van der Waals surface area (Å²) >= 11 is 0. The van der Waals surface area contributed by atoms with Crippen LogP contribution < -0.4 is 5.32 Å². The third-order valence-electron chi connectivity index (χ3n) is 5.59. The maximum atomic E-state index is 13.2. The van der Waals surface area contributed by atoms with E-state index in [0.29, 0.717) is 0 Å². The quantitative estimate of drug-likeness (QED) is 0.636. The third kappa shape index (κ3) is 4.32. The van der Waals surface area contributed by atoms with Crippen LogP contribution in [-0.4, -0.2) is 42.4 Å². The van der Waals surface area contributed by atoms with Crippen molar-refractivity contribution in [3.63, 3.8) is 0 Å². The summed E-state index contributed by atoms with van der Waals surface area (Å²) in [5, 5.41) is 15.1. The molecule has 6 nitrogen and oxygen atoms in total. The average Bonchev–Trinajstić information content (AvgIpc) is 3.16. The summed E-state index contributed by atoms with van der Waals surface area (Å²) in [6, 6.07) is 16.8. The number of carbonyl (C=O) groups is 1. The van der Waals surface area contributed by atoms with Gasteiger partial charge in [-0.05, 0) is 53.6 Å². The number of fused-ring (bicyclic) bond motifs is 1. The van der Waals surface area contributed by atoms with Crippen LogP contribution in [0.2, 0.25) is 0 Å². The summed E-state index contributed by atoms with van der Waals surface area (Å²) in [5.41, 5.74) is 0.888. The number of nitrogens with one attached hydrogen (secondary N) is 1. The fourth-order valence-electron chi connectivity index (χ4n) is 3.90. The van der Waals surface area contributed by atoms with Crippen LogP contribution in [0.4, 0.5) is 4.39 Å². The molecule has 1 fully saturated rings. The number of nitrogens with zero attached hydrogens (tertiary/aromatic N) is 1. The minimum Gasteiger partial charge on any atom is -0.392 e. The van der Waals surface area contributed by atoms with Gasteiger partial charge < -0.3 is 10.4 Å². The molecule has 3 atom stereocenters. The molecule has 8 heteroatoms. The molecule has 0 radical (unpaired) electrons. The number of rotatable bonds is 5. The van der Waals surface area contributed by atoms with Crippen LogP contribution in [0.1, 0.15) is 24.9 Å². The van der Waals surface area contributed by atoms with Crippen LogP contribution in [0, 0.1) is 5.82 Å². The molecule has 31 heavy (non-hydrogen) atoms. The van der Waals surface area contributed by atoms with Crippen molar-refractivity contribution in [2.75, 3.05) is 6.54 Å². The molecular weight excluding hydrogens is 419 g/mol. The number of aliphatic hydroxyl groups is 1.